The van der Waals surface area contributed by atoms with Crippen LogP contribution < -0.4 is 0 Å². The summed E-state index contributed by atoms with van der Waals surface area (Å²) in [7, 11) is 0. The maximum Gasteiger partial charge on any atom is 0.191 e. The van der Waals surface area contributed by atoms with Crippen LogP contribution in [0.1, 0.15) is 35.5 Å². The minimum Gasteiger partial charge on any atom is -0.300 e. The van der Waals surface area contributed by atoms with Crippen molar-refractivity contribution in [1.29, 1.82) is 0 Å². The lowest BCUT2D eigenvalue weighted by Crippen LogP contribution is -2.30. The van der Waals surface area contributed by atoms with Crippen LogP contribution in [-0.4, -0.2) is 32.8 Å². The summed E-state index contributed by atoms with van der Waals surface area (Å²) < 4.78 is 3.12. The van der Waals surface area contributed by atoms with E-state index < -0.39 is 0 Å². The Balaban J connectivity index is 1.53. The number of benzene rings is 1. The molecule has 2 aromatic heterocycles. The summed E-state index contributed by atoms with van der Waals surface area (Å²) in [5.41, 5.74) is 1.28. The van der Waals surface area contributed by atoms with Gasteiger partial charge in [-0.05, 0) is 43.6 Å². The number of halogens is 1. The number of likely N-dealkylation sites (tertiary alicyclic amines) is 1. The van der Waals surface area contributed by atoms with E-state index in [2.05, 4.69) is 56.1 Å². The number of hydrogen-bond acceptors (Lipinski definition) is 5. The highest BCUT2D eigenvalue weighted by atomic mass is 35.5. The summed E-state index contributed by atoms with van der Waals surface area (Å²) in [4.78, 5) is 3.76. The highest BCUT2D eigenvalue weighted by Gasteiger charge is 2.18. The molecule has 0 aliphatic carbocycles. The van der Waals surface area contributed by atoms with E-state index in [4.69, 9.17) is 11.6 Å². The SMILES string of the molecule is Clc1ccc(CSc2nnc(CN3CCCCC3)n2Cc2ccccc2)s1. The molecule has 0 bridgehead atoms. The van der Waals surface area contributed by atoms with Gasteiger partial charge in [0.15, 0.2) is 5.16 Å². The number of aromatic nitrogens is 3. The van der Waals surface area contributed by atoms with Gasteiger partial charge in [-0.25, -0.2) is 0 Å². The Hall–Kier alpha value is -1.34. The molecule has 4 nitrogen and oxygen atoms in total. The fourth-order valence-electron chi connectivity index (χ4n) is 3.35. The van der Waals surface area contributed by atoms with Gasteiger partial charge in [-0.1, -0.05) is 60.1 Å². The smallest absolute Gasteiger partial charge is 0.191 e. The van der Waals surface area contributed by atoms with Crippen LogP contribution in [0.4, 0.5) is 0 Å². The van der Waals surface area contributed by atoms with Crippen LogP contribution in [0.3, 0.4) is 0 Å². The van der Waals surface area contributed by atoms with Crippen molar-refractivity contribution in [2.24, 2.45) is 0 Å². The van der Waals surface area contributed by atoms with E-state index in [-0.39, 0.29) is 0 Å². The van der Waals surface area contributed by atoms with Crippen LogP contribution in [-0.2, 0) is 18.8 Å². The Morgan fingerprint density at radius 2 is 1.78 bits per heavy atom. The Labute approximate surface area is 173 Å². The maximum atomic E-state index is 6.06. The number of nitrogens with zero attached hydrogens (tertiary/aromatic N) is 4. The molecular formula is C20H23ClN4S2. The summed E-state index contributed by atoms with van der Waals surface area (Å²) in [5.74, 6) is 1.93. The average molecular weight is 419 g/mol. The van der Waals surface area contributed by atoms with Gasteiger partial charge < -0.3 is 4.57 Å². The normalized spacial score (nSPS) is 15.3. The molecule has 1 fully saturated rings. The fourth-order valence-corrected chi connectivity index (χ4v) is 5.44. The van der Waals surface area contributed by atoms with Gasteiger partial charge in [0.1, 0.15) is 5.82 Å². The van der Waals surface area contributed by atoms with Crippen molar-refractivity contribution in [3.05, 3.63) is 63.1 Å². The van der Waals surface area contributed by atoms with E-state index >= 15 is 0 Å². The Kier molecular flexibility index (Phi) is 6.50. The minimum atomic E-state index is 0.810. The molecule has 3 heterocycles. The molecule has 1 aromatic carbocycles. The fraction of sp³-hybridized carbons (Fsp3) is 0.400. The largest absolute Gasteiger partial charge is 0.300 e. The first-order chi connectivity index (χ1) is 13.3. The van der Waals surface area contributed by atoms with Crippen molar-refractivity contribution < 1.29 is 0 Å². The second kappa shape index (κ2) is 9.24. The molecule has 27 heavy (non-hydrogen) atoms. The summed E-state index contributed by atoms with van der Waals surface area (Å²) in [6.07, 6.45) is 3.92. The van der Waals surface area contributed by atoms with Gasteiger partial charge in [0, 0.05) is 10.6 Å². The third kappa shape index (κ3) is 5.13. The average Bonchev–Trinajstić information content (AvgIpc) is 3.28. The summed E-state index contributed by atoms with van der Waals surface area (Å²) in [5, 5.41) is 10.1. The van der Waals surface area contributed by atoms with Crippen LogP contribution in [0.25, 0.3) is 0 Å². The zero-order valence-electron chi connectivity index (χ0n) is 15.2. The van der Waals surface area contributed by atoms with E-state index in [9.17, 15) is 0 Å². The van der Waals surface area contributed by atoms with Crippen LogP contribution >= 0.6 is 34.7 Å². The van der Waals surface area contributed by atoms with Gasteiger partial charge in [0.2, 0.25) is 0 Å². The number of rotatable bonds is 7. The lowest BCUT2D eigenvalue weighted by Gasteiger charge is -2.26. The number of thiophene rings is 1. The second-order valence-corrected chi connectivity index (χ2v) is 9.54. The van der Waals surface area contributed by atoms with E-state index in [1.165, 1.54) is 29.7 Å². The zero-order valence-corrected chi connectivity index (χ0v) is 17.6. The first-order valence-electron chi connectivity index (χ1n) is 9.33. The van der Waals surface area contributed by atoms with Crippen molar-refractivity contribution in [2.75, 3.05) is 13.1 Å². The molecule has 0 saturated carbocycles. The van der Waals surface area contributed by atoms with Gasteiger partial charge in [-0.3, -0.25) is 4.90 Å². The van der Waals surface area contributed by atoms with Crippen molar-refractivity contribution in [3.63, 3.8) is 0 Å². The number of thioether (sulfide) groups is 1. The van der Waals surface area contributed by atoms with Crippen molar-refractivity contribution in [3.8, 4) is 0 Å². The van der Waals surface area contributed by atoms with E-state index in [0.717, 1.165) is 47.2 Å². The van der Waals surface area contributed by atoms with E-state index in [1.807, 2.05) is 6.07 Å². The predicted molar refractivity (Wildman–Crippen MR) is 114 cm³/mol. The molecule has 7 heteroatoms. The molecule has 0 radical (unpaired) electrons. The molecule has 1 aliphatic heterocycles. The molecule has 0 spiro atoms. The van der Waals surface area contributed by atoms with Gasteiger partial charge in [0.25, 0.3) is 0 Å². The molecule has 4 rings (SSSR count). The Bertz CT molecular complexity index is 856. The topological polar surface area (TPSA) is 34.0 Å². The van der Waals surface area contributed by atoms with Crippen LogP contribution in [0.2, 0.25) is 4.34 Å². The molecule has 142 valence electrons. The first kappa shape index (κ1) is 19.0. The quantitative estimate of drug-likeness (QED) is 0.486. The lowest BCUT2D eigenvalue weighted by molar-refractivity contribution is 0.213. The zero-order chi connectivity index (χ0) is 18.5. The van der Waals surface area contributed by atoms with Crippen LogP contribution in [0.15, 0.2) is 47.6 Å². The predicted octanol–water partition coefficient (Wildman–Crippen LogP) is 5.32. The highest BCUT2D eigenvalue weighted by Crippen LogP contribution is 2.29. The Morgan fingerprint density at radius 3 is 2.52 bits per heavy atom. The summed E-state index contributed by atoms with van der Waals surface area (Å²) in [6, 6.07) is 14.6. The van der Waals surface area contributed by atoms with Crippen molar-refractivity contribution in [1.82, 2.24) is 19.7 Å². The molecule has 0 unspecified atom stereocenters. The molecule has 0 amide bonds. The number of hydrogen-bond donors (Lipinski definition) is 0. The molecule has 3 aromatic rings. The standard InChI is InChI=1S/C20H23ClN4S2/c21-18-10-9-17(27-18)15-26-20-23-22-19(14-24-11-5-2-6-12-24)25(20)13-16-7-3-1-4-8-16/h1,3-4,7-10H,2,5-6,11-15H2. The van der Waals surface area contributed by atoms with Crippen LogP contribution in [0, 0.1) is 0 Å². The Morgan fingerprint density at radius 1 is 0.963 bits per heavy atom. The third-order valence-corrected chi connectivity index (χ3v) is 7.19. The lowest BCUT2D eigenvalue weighted by atomic mass is 10.1. The number of piperidine rings is 1. The first-order valence-corrected chi connectivity index (χ1v) is 11.5. The van der Waals surface area contributed by atoms with Crippen molar-refractivity contribution >= 4 is 34.7 Å². The van der Waals surface area contributed by atoms with Gasteiger partial charge in [-0.15, -0.1) is 21.5 Å². The maximum absolute atomic E-state index is 6.06. The molecule has 0 atom stereocenters. The van der Waals surface area contributed by atoms with Gasteiger partial charge in [-0.2, -0.15) is 0 Å². The van der Waals surface area contributed by atoms with Crippen LogP contribution in [0.5, 0.6) is 0 Å². The molecule has 0 N–H and O–H groups in total. The molecule has 1 saturated heterocycles. The molecule has 1 aliphatic rings. The van der Waals surface area contributed by atoms with E-state index in [1.54, 1.807) is 23.1 Å². The summed E-state index contributed by atoms with van der Waals surface area (Å²) in [6.45, 7) is 4.01. The summed E-state index contributed by atoms with van der Waals surface area (Å²) >= 11 is 9.43. The monoisotopic (exact) mass is 418 g/mol. The van der Waals surface area contributed by atoms with Gasteiger partial charge >= 0.3 is 0 Å². The van der Waals surface area contributed by atoms with Gasteiger partial charge in [0.05, 0.1) is 17.4 Å². The van der Waals surface area contributed by atoms with Crippen molar-refractivity contribution in [2.45, 2.75) is 43.3 Å². The minimum absolute atomic E-state index is 0.810. The third-order valence-electron chi connectivity index (χ3n) is 4.76. The van der Waals surface area contributed by atoms with E-state index in [0.29, 0.717) is 0 Å². The molecular weight excluding hydrogens is 396 g/mol. The highest BCUT2D eigenvalue weighted by molar-refractivity contribution is 7.98. The second-order valence-electron chi connectivity index (χ2n) is 6.80.